The Labute approximate surface area is 108 Å². The molecule has 0 aliphatic carbocycles. The van der Waals surface area contributed by atoms with E-state index in [-0.39, 0.29) is 17.2 Å². The van der Waals surface area contributed by atoms with Crippen LogP contribution in [0.25, 0.3) is 4.96 Å². The summed E-state index contributed by atoms with van der Waals surface area (Å²) in [5.41, 5.74) is -0.654. The molecule has 2 aromatic rings. The molecule has 0 aliphatic heterocycles. The predicted octanol–water partition coefficient (Wildman–Crippen LogP) is 1.64. The Morgan fingerprint density at radius 1 is 1.50 bits per heavy atom. The lowest BCUT2D eigenvalue weighted by molar-refractivity contribution is -0.521. The number of carbonyl (C=O) groups is 1. The van der Waals surface area contributed by atoms with Gasteiger partial charge in [0.1, 0.15) is 6.20 Å². The van der Waals surface area contributed by atoms with Crippen LogP contribution in [0, 0.1) is 0 Å². The van der Waals surface area contributed by atoms with Crippen molar-refractivity contribution in [2.24, 2.45) is 0 Å². The van der Waals surface area contributed by atoms with E-state index in [1.807, 2.05) is 6.92 Å². The predicted molar refractivity (Wildman–Crippen MR) is 68.2 cm³/mol. The van der Waals surface area contributed by atoms with Gasteiger partial charge in [-0.05, 0) is 6.42 Å². The summed E-state index contributed by atoms with van der Waals surface area (Å²) in [5.74, 6) is -0.570. The average Bonchev–Trinajstić information content (AvgIpc) is 2.77. The zero-order chi connectivity index (χ0) is 13.1. The number of aromatic amines is 1. The molecule has 0 bridgehead atoms. The summed E-state index contributed by atoms with van der Waals surface area (Å²) in [4.78, 5) is 26.8. The molecule has 0 unspecified atom stereocenters. The maximum Gasteiger partial charge on any atom is 0.351 e. The van der Waals surface area contributed by atoms with E-state index in [1.165, 1.54) is 15.7 Å². The Hall–Kier alpha value is -1.69. The highest BCUT2D eigenvalue weighted by molar-refractivity contribution is 7.14. The first-order chi connectivity index (χ1) is 8.65. The standard InChI is InChI=1S/C12H14N2O3S/c1-2-3-4-5-8(15)9-10(16)13-12-14(11(9)17)6-7-18-12/h6-7H,2-5H2,1H3,(H,15,16,17)/p+1. The SMILES string of the molecule is CCCCCC(=O)c1c(O)[n+]2ccsc2[nH]c1=O. The molecule has 2 N–H and O–H groups in total. The fourth-order valence-corrected chi connectivity index (χ4v) is 2.55. The maximum absolute atomic E-state index is 11.9. The number of hydrogen-bond donors (Lipinski definition) is 2. The monoisotopic (exact) mass is 267 g/mol. The summed E-state index contributed by atoms with van der Waals surface area (Å²) < 4.78 is 1.42. The van der Waals surface area contributed by atoms with Gasteiger partial charge in [-0.1, -0.05) is 31.1 Å². The number of H-pyrrole nitrogens is 1. The van der Waals surface area contributed by atoms with Gasteiger partial charge in [-0.15, -0.1) is 0 Å². The summed E-state index contributed by atoms with van der Waals surface area (Å²) in [5, 5.41) is 11.7. The third-order valence-electron chi connectivity index (χ3n) is 2.79. The molecule has 5 nitrogen and oxygen atoms in total. The van der Waals surface area contributed by atoms with Gasteiger partial charge in [0.15, 0.2) is 11.3 Å². The first-order valence-electron chi connectivity index (χ1n) is 5.92. The summed E-state index contributed by atoms with van der Waals surface area (Å²) in [7, 11) is 0. The van der Waals surface area contributed by atoms with E-state index < -0.39 is 5.56 Å². The molecule has 0 radical (unpaired) electrons. The third-order valence-corrected chi connectivity index (χ3v) is 3.57. The van der Waals surface area contributed by atoms with Crippen LogP contribution < -0.4 is 9.96 Å². The van der Waals surface area contributed by atoms with Gasteiger partial charge in [0, 0.05) is 11.8 Å². The van der Waals surface area contributed by atoms with Crippen LogP contribution in [0.3, 0.4) is 0 Å². The van der Waals surface area contributed by atoms with Crippen molar-refractivity contribution >= 4 is 22.1 Å². The number of unbranched alkanes of at least 4 members (excludes halogenated alkanes) is 2. The average molecular weight is 267 g/mol. The van der Waals surface area contributed by atoms with E-state index in [0.717, 1.165) is 19.3 Å². The fourth-order valence-electron chi connectivity index (χ4n) is 1.83. The highest BCUT2D eigenvalue weighted by Gasteiger charge is 2.24. The zero-order valence-electron chi connectivity index (χ0n) is 10.1. The summed E-state index contributed by atoms with van der Waals surface area (Å²) >= 11 is 1.29. The van der Waals surface area contributed by atoms with Crippen molar-refractivity contribution in [3.63, 3.8) is 0 Å². The third kappa shape index (κ3) is 2.28. The molecule has 0 atom stereocenters. The van der Waals surface area contributed by atoms with Crippen LogP contribution in [0.4, 0.5) is 0 Å². The van der Waals surface area contributed by atoms with Crippen LogP contribution in [0.5, 0.6) is 5.88 Å². The number of thiazole rings is 1. The van der Waals surface area contributed by atoms with Crippen LogP contribution in [-0.4, -0.2) is 15.9 Å². The number of rotatable bonds is 5. The van der Waals surface area contributed by atoms with Gasteiger partial charge in [0.05, 0.1) is 0 Å². The van der Waals surface area contributed by atoms with Crippen LogP contribution in [0.2, 0.25) is 0 Å². The number of carbonyl (C=O) groups excluding carboxylic acids is 1. The molecule has 6 heteroatoms. The van der Waals surface area contributed by atoms with Crippen LogP contribution in [0.15, 0.2) is 16.4 Å². The van der Waals surface area contributed by atoms with Crippen LogP contribution in [0.1, 0.15) is 43.0 Å². The number of fused-ring (bicyclic) bond motifs is 1. The van der Waals surface area contributed by atoms with Gasteiger partial charge in [-0.2, -0.15) is 9.38 Å². The quantitative estimate of drug-likeness (QED) is 0.491. The van der Waals surface area contributed by atoms with Gasteiger partial charge in [-0.3, -0.25) is 4.79 Å². The van der Waals surface area contributed by atoms with E-state index in [4.69, 9.17) is 0 Å². The fraction of sp³-hybridized carbons (Fsp3) is 0.417. The maximum atomic E-state index is 11.9. The van der Waals surface area contributed by atoms with Crippen LogP contribution >= 0.6 is 11.3 Å². The first-order valence-corrected chi connectivity index (χ1v) is 6.80. The first kappa shape index (κ1) is 12.8. The molecule has 96 valence electrons. The molecule has 0 spiro atoms. The Kier molecular flexibility index (Phi) is 3.76. The van der Waals surface area contributed by atoms with Gasteiger partial charge in [0.25, 0.3) is 0 Å². The van der Waals surface area contributed by atoms with Gasteiger partial charge >= 0.3 is 16.4 Å². The summed E-state index contributed by atoms with van der Waals surface area (Å²) in [6.45, 7) is 2.04. The van der Waals surface area contributed by atoms with Crippen LogP contribution in [-0.2, 0) is 0 Å². The Morgan fingerprint density at radius 2 is 2.28 bits per heavy atom. The molecular weight excluding hydrogens is 252 g/mol. The molecule has 0 fully saturated rings. The van der Waals surface area contributed by atoms with Gasteiger partial charge in [0.2, 0.25) is 0 Å². The second-order valence-electron chi connectivity index (χ2n) is 4.11. The van der Waals surface area contributed by atoms with Crippen molar-refractivity contribution in [3.05, 3.63) is 27.5 Å². The van der Waals surface area contributed by atoms with Crippen molar-refractivity contribution in [1.29, 1.82) is 0 Å². The Balaban J connectivity index is 2.37. The van der Waals surface area contributed by atoms with E-state index in [1.54, 1.807) is 11.6 Å². The number of nitrogens with zero attached hydrogens (tertiary/aromatic N) is 1. The zero-order valence-corrected chi connectivity index (χ0v) is 10.9. The number of hydrogen-bond acceptors (Lipinski definition) is 4. The topological polar surface area (TPSA) is 74.3 Å². The molecular formula is C12H15N2O3S+. The Morgan fingerprint density at radius 3 is 3.00 bits per heavy atom. The van der Waals surface area contributed by atoms with Crippen molar-refractivity contribution in [1.82, 2.24) is 4.98 Å². The molecule has 0 saturated carbocycles. The summed E-state index contributed by atoms with van der Waals surface area (Å²) in [6, 6.07) is 0. The molecule has 18 heavy (non-hydrogen) atoms. The van der Waals surface area contributed by atoms with Crippen molar-refractivity contribution < 1.29 is 14.3 Å². The van der Waals surface area contributed by atoms with Crippen molar-refractivity contribution in [3.8, 4) is 5.88 Å². The minimum Gasteiger partial charge on any atom is -0.477 e. The Bertz CT molecular complexity index is 630. The second-order valence-corrected chi connectivity index (χ2v) is 5.01. The molecule has 2 rings (SSSR count). The summed E-state index contributed by atoms with van der Waals surface area (Å²) in [6.07, 6.45) is 4.60. The smallest absolute Gasteiger partial charge is 0.351 e. The molecule has 2 heterocycles. The van der Waals surface area contributed by atoms with E-state index in [0.29, 0.717) is 11.4 Å². The molecule has 0 aliphatic rings. The number of ketones is 1. The highest BCUT2D eigenvalue weighted by atomic mass is 32.1. The number of aromatic nitrogens is 2. The number of aromatic hydroxyl groups is 1. The second kappa shape index (κ2) is 5.30. The van der Waals surface area contributed by atoms with Crippen molar-refractivity contribution in [2.45, 2.75) is 32.6 Å². The lowest BCUT2D eigenvalue weighted by Crippen LogP contribution is -2.30. The minimum absolute atomic E-state index is 0.137. The molecule has 0 amide bonds. The molecule has 0 aromatic carbocycles. The number of Topliss-reactive ketones (excluding diaryl/α,β-unsaturated/α-hetero) is 1. The van der Waals surface area contributed by atoms with E-state index in [9.17, 15) is 14.7 Å². The van der Waals surface area contributed by atoms with Gasteiger partial charge in [-0.25, -0.2) is 4.79 Å². The molecule has 2 aromatic heterocycles. The van der Waals surface area contributed by atoms with Crippen molar-refractivity contribution in [2.75, 3.05) is 0 Å². The lowest BCUT2D eigenvalue weighted by Gasteiger charge is -1.99. The number of nitrogens with one attached hydrogen (secondary N) is 1. The lowest BCUT2D eigenvalue weighted by atomic mass is 10.1. The normalized spacial score (nSPS) is 10.9. The van der Waals surface area contributed by atoms with E-state index >= 15 is 0 Å². The van der Waals surface area contributed by atoms with Gasteiger partial charge < -0.3 is 5.11 Å². The van der Waals surface area contributed by atoms with E-state index in [2.05, 4.69) is 4.98 Å². The largest absolute Gasteiger partial charge is 0.477 e. The highest BCUT2D eigenvalue weighted by Crippen LogP contribution is 2.14. The molecule has 0 saturated heterocycles. The minimum atomic E-state index is -0.517.